The Hall–Kier alpha value is -2.46. The predicted molar refractivity (Wildman–Crippen MR) is 112 cm³/mol. The Kier molecular flexibility index (Phi) is 6.77. The van der Waals surface area contributed by atoms with Gasteiger partial charge in [0.1, 0.15) is 0 Å². The molecule has 0 saturated heterocycles. The second kappa shape index (κ2) is 9.13. The molecule has 0 atom stereocenters. The first-order chi connectivity index (χ1) is 14.3. The van der Waals surface area contributed by atoms with Gasteiger partial charge in [-0.3, -0.25) is 0 Å². The van der Waals surface area contributed by atoms with E-state index < -0.39 is 19.7 Å². The molecule has 0 bridgehead atoms. The van der Waals surface area contributed by atoms with Gasteiger partial charge < -0.3 is 0 Å². The number of hydrogen-bond donors (Lipinski definition) is 0. The Morgan fingerprint density at radius 3 is 1.23 bits per heavy atom. The van der Waals surface area contributed by atoms with Crippen molar-refractivity contribution in [2.75, 3.05) is 0 Å². The summed E-state index contributed by atoms with van der Waals surface area (Å²) in [6.07, 6.45) is 12.0. The van der Waals surface area contributed by atoms with E-state index in [1.807, 2.05) is 0 Å². The topological polar surface area (TPSA) is 120 Å². The third-order valence-electron chi connectivity index (χ3n) is 5.40. The Morgan fingerprint density at radius 2 is 0.967 bits per heavy atom. The standard InChI is InChI=1S/2C10H12N2O2S/c2*1-2-8-6-9(7-8)15(13,14)10-11-4-3-5-12-10/h2*2-5,8-9H,1,6-7H2. The van der Waals surface area contributed by atoms with Gasteiger partial charge in [-0.05, 0) is 49.7 Å². The van der Waals surface area contributed by atoms with Crippen molar-refractivity contribution >= 4 is 19.7 Å². The fourth-order valence-corrected chi connectivity index (χ4v) is 6.70. The Morgan fingerprint density at radius 1 is 0.667 bits per heavy atom. The SMILES string of the molecule is C=CC1CC(S(=O)(=O)c2ncccn2)C1.C=CC1CC(S(=O)(=O)c2ncccn2)C1. The van der Waals surface area contributed by atoms with Crippen LogP contribution in [0.25, 0.3) is 0 Å². The first kappa shape index (κ1) is 22.2. The zero-order chi connectivity index (χ0) is 21.8. The second-order valence-electron chi connectivity index (χ2n) is 7.33. The Bertz CT molecular complexity index is 989. The van der Waals surface area contributed by atoms with Crippen molar-refractivity contribution in [3.63, 3.8) is 0 Å². The molecule has 2 saturated carbocycles. The van der Waals surface area contributed by atoms with E-state index in [-0.39, 0.29) is 20.8 Å². The maximum Gasteiger partial charge on any atom is 0.247 e. The number of nitrogens with zero attached hydrogens (tertiary/aromatic N) is 4. The van der Waals surface area contributed by atoms with Crippen LogP contribution in [0, 0.1) is 11.8 Å². The molecule has 2 aliphatic rings. The summed E-state index contributed by atoms with van der Waals surface area (Å²) >= 11 is 0. The fraction of sp³-hybridized carbons (Fsp3) is 0.400. The van der Waals surface area contributed by atoms with E-state index in [0.717, 1.165) is 0 Å². The lowest BCUT2D eigenvalue weighted by Crippen LogP contribution is -2.35. The molecular weight excluding hydrogens is 424 g/mol. The Balaban J connectivity index is 0.000000171. The minimum Gasteiger partial charge on any atom is -0.227 e. The number of hydrogen-bond acceptors (Lipinski definition) is 8. The summed E-state index contributed by atoms with van der Waals surface area (Å²) in [6, 6.07) is 3.21. The van der Waals surface area contributed by atoms with E-state index in [0.29, 0.717) is 37.5 Å². The van der Waals surface area contributed by atoms with Gasteiger partial charge >= 0.3 is 0 Å². The summed E-state index contributed by atoms with van der Waals surface area (Å²) in [6.45, 7) is 7.29. The van der Waals surface area contributed by atoms with E-state index in [1.165, 1.54) is 24.8 Å². The first-order valence-electron chi connectivity index (χ1n) is 9.56. The van der Waals surface area contributed by atoms with Crippen molar-refractivity contribution in [3.05, 3.63) is 62.2 Å². The summed E-state index contributed by atoms with van der Waals surface area (Å²) in [4.78, 5) is 15.1. The highest BCUT2D eigenvalue weighted by Gasteiger charge is 2.40. The van der Waals surface area contributed by atoms with E-state index in [9.17, 15) is 16.8 Å². The summed E-state index contributed by atoms with van der Waals surface area (Å²) in [5, 5.41) is -0.777. The molecule has 2 aliphatic carbocycles. The average molecular weight is 449 g/mol. The molecule has 0 aromatic carbocycles. The zero-order valence-electron chi connectivity index (χ0n) is 16.4. The third-order valence-corrected chi connectivity index (χ3v) is 9.36. The number of rotatable bonds is 6. The third kappa shape index (κ3) is 4.65. The maximum atomic E-state index is 11.9. The molecule has 2 heterocycles. The number of allylic oxidation sites excluding steroid dienone is 2. The second-order valence-corrected chi connectivity index (χ2v) is 11.6. The molecule has 0 radical (unpaired) electrons. The van der Waals surface area contributed by atoms with E-state index in [2.05, 4.69) is 33.1 Å². The van der Waals surface area contributed by atoms with Crippen LogP contribution >= 0.6 is 0 Å². The fourth-order valence-electron chi connectivity index (χ4n) is 3.27. The molecular formula is C20H24N4O4S2. The number of aromatic nitrogens is 4. The van der Waals surface area contributed by atoms with Crippen molar-refractivity contribution in [2.24, 2.45) is 11.8 Å². The van der Waals surface area contributed by atoms with Gasteiger partial charge in [0.2, 0.25) is 30.0 Å². The molecule has 0 spiro atoms. The van der Waals surface area contributed by atoms with Gasteiger partial charge in [-0.1, -0.05) is 12.2 Å². The molecule has 8 nitrogen and oxygen atoms in total. The average Bonchev–Trinajstić information content (AvgIpc) is 2.68. The molecule has 0 amide bonds. The van der Waals surface area contributed by atoms with Gasteiger partial charge in [-0.2, -0.15) is 0 Å². The van der Waals surface area contributed by atoms with Gasteiger partial charge in [-0.25, -0.2) is 36.8 Å². The molecule has 10 heteroatoms. The first-order valence-corrected chi connectivity index (χ1v) is 12.6. The highest BCUT2D eigenvalue weighted by molar-refractivity contribution is 7.92. The molecule has 0 unspecified atom stereocenters. The number of sulfone groups is 2. The summed E-state index contributed by atoms with van der Waals surface area (Å²) in [5.41, 5.74) is 0. The molecule has 30 heavy (non-hydrogen) atoms. The lowest BCUT2D eigenvalue weighted by molar-refractivity contribution is 0.381. The Labute approximate surface area is 177 Å². The maximum absolute atomic E-state index is 11.9. The smallest absolute Gasteiger partial charge is 0.227 e. The van der Waals surface area contributed by atoms with E-state index in [1.54, 1.807) is 24.3 Å². The predicted octanol–water partition coefficient (Wildman–Crippen LogP) is 2.43. The molecule has 160 valence electrons. The molecule has 2 aromatic heterocycles. The van der Waals surface area contributed by atoms with Crippen LogP contribution in [0.4, 0.5) is 0 Å². The molecule has 0 N–H and O–H groups in total. The molecule has 2 fully saturated rings. The van der Waals surface area contributed by atoms with Crippen LogP contribution in [0.1, 0.15) is 25.7 Å². The van der Waals surface area contributed by atoms with Crippen molar-refractivity contribution in [1.29, 1.82) is 0 Å². The van der Waals surface area contributed by atoms with Gasteiger partial charge in [0.15, 0.2) is 0 Å². The summed E-state index contributed by atoms with van der Waals surface area (Å²) in [7, 11) is -6.63. The molecule has 2 aromatic rings. The van der Waals surface area contributed by atoms with Crippen molar-refractivity contribution in [1.82, 2.24) is 19.9 Å². The van der Waals surface area contributed by atoms with Crippen LogP contribution < -0.4 is 0 Å². The van der Waals surface area contributed by atoms with Crippen molar-refractivity contribution in [2.45, 2.75) is 46.5 Å². The van der Waals surface area contributed by atoms with Crippen molar-refractivity contribution < 1.29 is 16.8 Å². The van der Waals surface area contributed by atoms with Gasteiger partial charge in [-0.15, -0.1) is 13.2 Å². The lowest BCUT2D eigenvalue weighted by atomic mass is 9.85. The van der Waals surface area contributed by atoms with E-state index in [4.69, 9.17) is 0 Å². The monoisotopic (exact) mass is 448 g/mol. The van der Waals surface area contributed by atoms with Crippen LogP contribution in [0.2, 0.25) is 0 Å². The highest BCUT2D eigenvalue weighted by atomic mass is 32.2. The summed E-state index contributed by atoms with van der Waals surface area (Å²) in [5.74, 6) is 0.655. The van der Waals surface area contributed by atoms with Gasteiger partial charge in [0.05, 0.1) is 10.5 Å². The van der Waals surface area contributed by atoms with E-state index >= 15 is 0 Å². The lowest BCUT2D eigenvalue weighted by Gasteiger charge is -2.31. The molecule has 4 rings (SSSR count). The minimum atomic E-state index is -3.32. The van der Waals surface area contributed by atoms with Gasteiger partial charge in [0.25, 0.3) is 0 Å². The highest BCUT2D eigenvalue weighted by Crippen LogP contribution is 2.36. The summed E-state index contributed by atoms with van der Waals surface area (Å²) < 4.78 is 47.7. The largest absolute Gasteiger partial charge is 0.247 e. The van der Waals surface area contributed by atoms with Crippen LogP contribution in [-0.2, 0) is 19.7 Å². The van der Waals surface area contributed by atoms with Crippen LogP contribution in [0.5, 0.6) is 0 Å². The zero-order valence-corrected chi connectivity index (χ0v) is 18.0. The van der Waals surface area contributed by atoms with Crippen LogP contribution in [0.3, 0.4) is 0 Å². The van der Waals surface area contributed by atoms with Crippen LogP contribution in [0.15, 0.2) is 72.5 Å². The molecule has 0 aliphatic heterocycles. The van der Waals surface area contributed by atoms with Crippen molar-refractivity contribution in [3.8, 4) is 0 Å². The minimum absolute atomic E-state index is 0.0579. The normalized spacial score (nSPS) is 25.6. The quantitative estimate of drug-likeness (QED) is 0.488. The van der Waals surface area contributed by atoms with Gasteiger partial charge in [0, 0.05) is 24.8 Å². The van der Waals surface area contributed by atoms with Crippen LogP contribution in [-0.4, -0.2) is 47.3 Å².